The van der Waals surface area contributed by atoms with Crippen molar-refractivity contribution in [1.29, 1.82) is 0 Å². The van der Waals surface area contributed by atoms with Crippen LogP contribution in [0.1, 0.15) is 26.7 Å². The van der Waals surface area contributed by atoms with Gasteiger partial charge in [-0.1, -0.05) is 0 Å². The van der Waals surface area contributed by atoms with Gasteiger partial charge in [0.1, 0.15) is 0 Å². The fourth-order valence-electron chi connectivity index (χ4n) is 0.782. The second-order valence-corrected chi connectivity index (χ2v) is 4.20. The smallest absolute Gasteiger partial charge is 0.316 e. The molecule has 4 heteroatoms. The number of thioether (sulfide) groups is 1. The van der Waals surface area contributed by atoms with E-state index in [2.05, 4.69) is 0 Å². The lowest BCUT2D eigenvalue weighted by atomic mass is 10.4. The molecule has 13 heavy (non-hydrogen) atoms. The van der Waals surface area contributed by atoms with Crippen LogP contribution < -0.4 is 0 Å². The summed E-state index contributed by atoms with van der Waals surface area (Å²) in [5, 5.41) is 8.29. The molecule has 0 aromatic carbocycles. The zero-order chi connectivity index (χ0) is 10.1. The van der Waals surface area contributed by atoms with E-state index >= 15 is 0 Å². The number of carbonyl (C=O) groups is 1. The highest BCUT2D eigenvalue weighted by atomic mass is 32.2. The van der Waals surface area contributed by atoms with Crippen LogP contribution >= 0.6 is 11.8 Å². The predicted molar refractivity (Wildman–Crippen MR) is 55.3 cm³/mol. The monoisotopic (exact) mass is 206 g/mol. The van der Waals surface area contributed by atoms with Crippen LogP contribution in [-0.2, 0) is 9.53 Å². The van der Waals surface area contributed by atoms with Gasteiger partial charge >= 0.3 is 5.97 Å². The number of hydrogen-bond acceptors (Lipinski definition) is 3. The fourth-order valence-corrected chi connectivity index (χ4v) is 1.65. The number of ether oxygens (including phenoxy) is 1. The van der Waals surface area contributed by atoms with E-state index in [0.29, 0.717) is 0 Å². The molecule has 0 radical (unpaired) electrons. The van der Waals surface area contributed by atoms with Crippen molar-refractivity contribution in [3.8, 4) is 0 Å². The van der Waals surface area contributed by atoms with E-state index in [1.807, 2.05) is 6.92 Å². The van der Waals surface area contributed by atoms with Crippen LogP contribution in [0, 0.1) is 0 Å². The van der Waals surface area contributed by atoms with Gasteiger partial charge in [0.25, 0.3) is 0 Å². The van der Waals surface area contributed by atoms with Crippen LogP contribution in [0.4, 0.5) is 0 Å². The number of rotatable bonds is 8. The molecule has 0 saturated heterocycles. The zero-order valence-electron chi connectivity index (χ0n) is 8.28. The maximum absolute atomic E-state index is 10.4. The molecule has 0 fully saturated rings. The number of hydrogen-bond donors (Lipinski definition) is 1. The third kappa shape index (κ3) is 8.12. The van der Waals surface area contributed by atoms with Crippen molar-refractivity contribution in [2.24, 2.45) is 0 Å². The third-order valence-electron chi connectivity index (χ3n) is 1.60. The maximum atomic E-state index is 10.4. The first kappa shape index (κ1) is 12.8. The molecule has 78 valence electrons. The standard InChI is InChI=1S/C9H18O3S/c1-3-12-6-4-5-7-13-8(2)9(10)11/h8H,3-7H2,1-2H3,(H,10,11). The Hall–Kier alpha value is -0.220. The van der Waals surface area contributed by atoms with Crippen molar-refractivity contribution < 1.29 is 14.6 Å². The predicted octanol–water partition coefficient (Wildman–Crippen LogP) is 2.01. The lowest BCUT2D eigenvalue weighted by molar-refractivity contribution is -0.136. The molecule has 0 heterocycles. The van der Waals surface area contributed by atoms with E-state index in [-0.39, 0.29) is 5.25 Å². The summed E-state index contributed by atoms with van der Waals surface area (Å²) in [5.41, 5.74) is 0. The molecule has 1 N–H and O–H groups in total. The summed E-state index contributed by atoms with van der Waals surface area (Å²) in [6.07, 6.45) is 2.05. The first-order valence-electron chi connectivity index (χ1n) is 4.60. The van der Waals surface area contributed by atoms with Crippen molar-refractivity contribution in [2.75, 3.05) is 19.0 Å². The van der Waals surface area contributed by atoms with Gasteiger partial charge in [0.15, 0.2) is 0 Å². The summed E-state index contributed by atoms with van der Waals surface area (Å²) in [4.78, 5) is 10.4. The van der Waals surface area contributed by atoms with Crippen molar-refractivity contribution in [1.82, 2.24) is 0 Å². The highest BCUT2D eigenvalue weighted by Gasteiger charge is 2.09. The first-order chi connectivity index (χ1) is 6.18. The third-order valence-corrected chi connectivity index (χ3v) is 2.83. The van der Waals surface area contributed by atoms with Crippen molar-refractivity contribution in [3.63, 3.8) is 0 Å². The molecule has 1 atom stereocenters. The van der Waals surface area contributed by atoms with E-state index in [9.17, 15) is 4.79 Å². The largest absolute Gasteiger partial charge is 0.480 e. The Morgan fingerprint density at radius 3 is 2.77 bits per heavy atom. The van der Waals surface area contributed by atoms with Gasteiger partial charge in [-0.2, -0.15) is 0 Å². The van der Waals surface area contributed by atoms with Crippen LogP contribution in [0.3, 0.4) is 0 Å². The lowest BCUT2D eigenvalue weighted by Crippen LogP contribution is -2.12. The average Bonchev–Trinajstić information content (AvgIpc) is 2.10. The maximum Gasteiger partial charge on any atom is 0.316 e. The molecular weight excluding hydrogens is 188 g/mol. The first-order valence-corrected chi connectivity index (χ1v) is 5.65. The minimum atomic E-state index is -0.727. The van der Waals surface area contributed by atoms with Crippen molar-refractivity contribution in [3.05, 3.63) is 0 Å². The highest BCUT2D eigenvalue weighted by molar-refractivity contribution is 8.00. The summed E-state index contributed by atoms with van der Waals surface area (Å²) < 4.78 is 5.16. The van der Waals surface area contributed by atoms with Gasteiger partial charge in [-0.25, -0.2) is 0 Å². The van der Waals surface area contributed by atoms with Gasteiger partial charge in [0, 0.05) is 13.2 Å². The summed E-state index contributed by atoms with van der Waals surface area (Å²) >= 11 is 1.49. The Morgan fingerprint density at radius 1 is 1.54 bits per heavy atom. The topological polar surface area (TPSA) is 46.5 Å². The molecular formula is C9H18O3S. The van der Waals surface area contributed by atoms with E-state index in [0.717, 1.165) is 31.8 Å². The molecule has 0 aliphatic carbocycles. The van der Waals surface area contributed by atoms with Crippen LogP contribution in [0.15, 0.2) is 0 Å². The molecule has 0 spiro atoms. The molecule has 0 rings (SSSR count). The van der Waals surface area contributed by atoms with Crippen LogP contribution in [0.5, 0.6) is 0 Å². The fraction of sp³-hybridized carbons (Fsp3) is 0.889. The van der Waals surface area contributed by atoms with E-state index in [1.54, 1.807) is 6.92 Å². The SMILES string of the molecule is CCOCCCCSC(C)C(=O)O. The highest BCUT2D eigenvalue weighted by Crippen LogP contribution is 2.12. The summed E-state index contributed by atoms with van der Waals surface area (Å²) in [5.74, 6) is 0.176. The van der Waals surface area contributed by atoms with Gasteiger partial charge in [-0.15, -0.1) is 11.8 Å². The molecule has 0 aromatic rings. The van der Waals surface area contributed by atoms with E-state index in [1.165, 1.54) is 11.8 Å². The second-order valence-electron chi connectivity index (χ2n) is 2.76. The molecule has 0 aliphatic heterocycles. The van der Waals surface area contributed by atoms with Gasteiger partial charge in [0.2, 0.25) is 0 Å². The Balaban J connectivity index is 3.11. The molecule has 0 amide bonds. The molecule has 0 aliphatic rings. The van der Waals surface area contributed by atoms with Crippen molar-refractivity contribution in [2.45, 2.75) is 31.9 Å². The Morgan fingerprint density at radius 2 is 2.23 bits per heavy atom. The summed E-state index contributed by atoms with van der Waals surface area (Å²) in [7, 11) is 0. The summed E-state index contributed by atoms with van der Waals surface area (Å²) in [6, 6.07) is 0. The lowest BCUT2D eigenvalue weighted by Gasteiger charge is -2.05. The Labute approximate surface area is 83.9 Å². The normalized spacial score (nSPS) is 12.8. The second kappa shape index (κ2) is 8.38. The number of aliphatic carboxylic acids is 1. The molecule has 0 aromatic heterocycles. The van der Waals surface area contributed by atoms with Gasteiger partial charge in [-0.05, 0) is 32.4 Å². The van der Waals surface area contributed by atoms with E-state index < -0.39 is 5.97 Å². The molecule has 1 unspecified atom stereocenters. The average molecular weight is 206 g/mol. The van der Waals surface area contributed by atoms with Crippen molar-refractivity contribution >= 4 is 17.7 Å². The Bertz CT molecular complexity index is 139. The number of carboxylic acids is 1. The van der Waals surface area contributed by atoms with Crippen LogP contribution in [0.2, 0.25) is 0 Å². The van der Waals surface area contributed by atoms with Gasteiger partial charge in [0.05, 0.1) is 5.25 Å². The van der Waals surface area contributed by atoms with Crippen LogP contribution in [-0.4, -0.2) is 35.3 Å². The molecule has 3 nitrogen and oxygen atoms in total. The van der Waals surface area contributed by atoms with Crippen LogP contribution in [0.25, 0.3) is 0 Å². The Kier molecular flexibility index (Phi) is 8.24. The molecule has 0 bridgehead atoms. The van der Waals surface area contributed by atoms with Gasteiger partial charge in [-0.3, -0.25) is 4.79 Å². The number of carboxylic acid groups (broad SMARTS) is 1. The quantitative estimate of drug-likeness (QED) is 0.617. The minimum absolute atomic E-state index is 0.285. The zero-order valence-corrected chi connectivity index (χ0v) is 9.10. The number of unbranched alkanes of at least 4 members (excludes halogenated alkanes) is 1. The minimum Gasteiger partial charge on any atom is -0.480 e. The molecule has 0 saturated carbocycles. The summed E-state index contributed by atoms with van der Waals surface area (Å²) in [6.45, 7) is 5.24. The van der Waals surface area contributed by atoms with Gasteiger partial charge < -0.3 is 9.84 Å². The van der Waals surface area contributed by atoms with E-state index in [4.69, 9.17) is 9.84 Å².